The molecule has 4 heteroatoms. The first kappa shape index (κ1) is 28.6. The Morgan fingerprint density at radius 2 is 0.940 bits per heavy atom. The maximum Gasteiger partial charge on any atom is 0.137 e. The first-order valence-corrected chi connectivity index (χ1v) is 17.7. The number of nitrogens with zero attached hydrogens (tertiary/aromatic N) is 2. The van der Waals surface area contributed by atoms with Crippen LogP contribution in [-0.2, 0) is 0 Å². The zero-order chi connectivity index (χ0) is 33.0. The quantitative estimate of drug-likeness (QED) is 0.177. The Labute approximate surface area is 293 Å². The van der Waals surface area contributed by atoms with Gasteiger partial charge in [-0.15, -0.1) is 11.3 Å². The van der Waals surface area contributed by atoms with Crippen molar-refractivity contribution in [1.82, 2.24) is 0 Å². The van der Waals surface area contributed by atoms with Gasteiger partial charge < -0.3 is 14.2 Å². The molecule has 0 saturated carbocycles. The van der Waals surface area contributed by atoms with E-state index in [-0.39, 0.29) is 0 Å². The second kappa shape index (κ2) is 11.7. The van der Waals surface area contributed by atoms with Crippen molar-refractivity contribution < 1.29 is 4.42 Å². The van der Waals surface area contributed by atoms with Crippen LogP contribution in [0, 0.1) is 0 Å². The van der Waals surface area contributed by atoms with Crippen molar-refractivity contribution in [3.8, 4) is 0 Å². The van der Waals surface area contributed by atoms with Crippen LogP contribution in [0.3, 0.4) is 0 Å². The third-order valence-corrected chi connectivity index (χ3v) is 10.8. The lowest BCUT2D eigenvalue weighted by Gasteiger charge is -2.34. The number of hydrogen-bond acceptors (Lipinski definition) is 4. The minimum Gasteiger partial charge on any atom is -0.456 e. The number of furan rings is 1. The fourth-order valence-corrected chi connectivity index (χ4v) is 8.67. The van der Waals surface area contributed by atoms with Gasteiger partial charge in [0.05, 0.1) is 27.1 Å². The van der Waals surface area contributed by atoms with Crippen LogP contribution in [0.1, 0.15) is 0 Å². The van der Waals surface area contributed by atoms with Crippen LogP contribution in [-0.4, -0.2) is 0 Å². The smallest absolute Gasteiger partial charge is 0.137 e. The highest BCUT2D eigenvalue weighted by Gasteiger charge is 2.28. The Kier molecular flexibility index (Phi) is 6.68. The summed E-state index contributed by atoms with van der Waals surface area (Å²) in [5.74, 6) is 0. The second-order valence-corrected chi connectivity index (χ2v) is 13.6. The second-order valence-electron chi connectivity index (χ2n) is 12.5. The first-order chi connectivity index (χ1) is 24.8. The molecule has 10 rings (SSSR count). The van der Waals surface area contributed by atoms with E-state index in [1.54, 1.807) is 0 Å². The molecule has 50 heavy (non-hydrogen) atoms. The summed E-state index contributed by atoms with van der Waals surface area (Å²) in [4.78, 5) is 4.84. The molecule has 236 valence electrons. The van der Waals surface area contributed by atoms with Crippen molar-refractivity contribution in [2.75, 3.05) is 9.80 Å². The molecule has 0 saturated heterocycles. The van der Waals surface area contributed by atoms with Gasteiger partial charge in [-0.25, -0.2) is 0 Å². The molecule has 0 fully saturated rings. The van der Waals surface area contributed by atoms with Gasteiger partial charge in [0.25, 0.3) is 0 Å². The maximum absolute atomic E-state index is 6.74. The van der Waals surface area contributed by atoms with Crippen LogP contribution in [0.5, 0.6) is 0 Å². The maximum atomic E-state index is 6.74. The summed E-state index contributed by atoms with van der Waals surface area (Å²) in [6, 6.07) is 64.8. The Morgan fingerprint density at radius 3 is 1.66 bits per heavy atom. The van der Waals surface area contributed by atoms with E-state index in [2.05, 4.69) is 192 Å². The zero-order valence-corrected chi connectivity index (χ0v) is 27.8. The fourth-order valence-electron chi connectivity index (χ4n) is 7.46. The molecule has 2 aromatic heterocycles. The van der Waals surface area contributed by atoms with E-state index in [4.69, 9.17) is 4.42 Å². The summed E-state index contributed by atoms with van der Waals surface area (Å²) >= 11 is 1.85. The predicted molar refractivity (Wildman–Crippen MR) is 213 cm³/mol. The minimum absolute atomic E-state index is 0.847. The Morgan fingerprint density at radius 1 is 0.380 bits per heavy atom. The third-order valence-electron chi connectivity index (χ3n) is 9.61. The van der Waals surface area contributed by atoms with Crippen molar-refractivity contribution in [3.63, 3.8) is 0 Å². The van der Waals surface area contributed by atoms with E-state index in [0.29, 0.717) is 0 Å². The SMILES string of the molecule is c1ccc(N(c2ccc3oc4ccc5ccccc5c4c3c2N(c2ccccc2)c2ccccc2)c2cccc3c2sc2ccccc23)cc1. The highest BCUT2D eigenvalue weighted by molar-refractivity contribution is 7.26. The predicted octanol–water partition coefficient (Wildman–Crippen LogP) is 14.0. The van der Waals surface area contributed by atoms with Crippen LogP contribution >= 0.6 is 11.3 Å². The number of para-hydroxylation sites is 3. The van der Waals surface area contributed by atoms with E-state index < -0.39 is 0 Å². The molecule has 10 aromatic rings. The van der Waals surface area contributed by atoms with Crippen LogP contribution in [0.4, 0.5) is 34.1 Å². The molecular weight excluding hydrogens is 629 g/mol. The summed E-state index contributed by atoms with van der Waals surface area (Å²) in [5, 5.41) is 7.07. The standard InChI is InChI=1S/C46H30N2OS/c1-4-16-32(17-5-1)47(33-18-6-2-7-19-33)45-38(28-30-41-44(45)43-35-22-11-10-15-31(35)27-29-40(43)49-41)48(34-20-8-3-9-21-34)39-25-14-24-37-36-23-12-13-26-42(36)50-46(37)39/h1-30H. The molecule has 0 aliphatic heterocycles. The Bertz CT molecular complexity index is 2780. The Hall–Kier alpha value is -6.36. The molecule has 0 aliphatic rings. The first-order valence-electron chi connectivity index (χ1n) is 16.9. The van der Waals surface area contributed by atoms with Crippen LogP contribution in [0.25, 0.3) is 52.9 Å². The zero-order valence-electron chi connectivity index (χ0n) is 27.0. The monoisotopic (exact) mass is 658 g/mol. The number of hydrogen-bond donors (Lipinski definition) is 0. The molecule has 0 amide bonds. The van der Waals surface area contributed by atoms with Gasteiger partial charge in [-0.05, 0) is 77.5 Å². The Balaban J connectivity index is 1.40. The molecule has 8 aromatic carbocycles. The highest BCUT2D eigenvalue weighted by Crippen LogP contribution is 2.53. The largest absolute Gasteiger partial charge is 0.456 e. The minimum atomic E-state index is 0.847. The van der Waals surface area contributed by atoms with E-state index in [1.807, 2.05) is 11.3 Å². The lowest BCUT2D eigenvalue weighted by molar-refractivity contribution is 0.669. The van der Waals surface area contributed by atoms with E-state index in [1.165, 1.54) is 30.9 Å². The number of thiophene rings is 1. The number of fused-ring (bicyclic) bond motifs is 8. The number of rotatable bonds is 6. The molecule has 0 bridgehead atoms. The topological polar surface area (TPSA) is 19.6 Å². The van der Waals surface area contributed by atoms with Gasteiger partial charge in [0, 0.05) is 37.9 Å². The molecule has 0 radical (unpaired) electrons. The van der Waals surface area contributed by atoms with Crippen LogP contribution in [0.15, 0.2) is 186 Å². The van der Waals surface area contributed by atoms with Gasteiger partial charge in [0.2, 0.25) is 0 Å². The van der Waals surface area contributed by atoms with Gasteiger partial charge in [-0.3, -0.25) is 0 Å². The normalized spacial score (nSPS) is 11.6. The van der Waals surface area contributed by atoms with Crippen LogP contribution < -0.4 is 9.80 Å². The lowest BCUT2D eigenvalue weighted by atomic mass is 10.00. The van der Waals surface area contributed by atoms with E-state index in [9.17, 15) is 0 Å². The van der Waals surface area contributed by atoms with Gasteiger partial charge in [-0.2, -0.15) is 0 Å². The van der Waals surface area contributed by atoms with Gasteiger partial charge in [0.1, 0.15) is 11.2 Å². The van der Waals surface area contributed by atoms with E-state index >= 15 is 0 Å². The molecule has 0 atom stereocenters. The average molecular weight is 659 g/mol. The number of benzene rings is 8. The van der Waals surface area contributed by atoms with Gasteiger partial charge in [0.15, 0.2) is 0 Å². The molecular formula is C46H30N2OS. The summed E-state index contributed by atoms with van der Waals surface area (Å²) in [7, 11) is 0. The third kappa shape index (κ3) is 4.50. The molecule has 2 heterocycles. The summed E-state index contributed by atoms with van der Waals surface area (Å²) in [6.07, 6.45) is 0. The molecule has 0 N–H and O–H groups in total. The fraction of sp³-hybridized carbons (Fsp3) is 0. The van der Waals surface area contributed by atoms with Crippen molar-refractivity contribution in [3.05, 3.63) is 182 Å². The summed E-state index contributed by atoms with van der Waals surface area (Å²) in [5.41, 5.74) is 8.17. The lowest BCUT2D eigenvalue weighted by Crippen LogP contribution is -2.17. The average Bonchev–Trinajstić information content (AvgIpc) is 3.76. The summed E-state index contributed by atoms with van der Waals surface area (Å²) < 4.78 is 9.26. The van der Waals surface area contributed by atoms with Crippen molar-refractivity contribution in [2.45, 2.75) is 0 Å². The molecule has 0 spiro atoms. The van der Waals surface area contributed by atoms with E-state index in [0.717, 1.165) is 56.1 Å². The highest BCUT2D eigenvalue weighted by atomic mass is 32.1. The van der Waals surface area contributed by atoms with Gasteiger partial charge >= 0.3 is 0 Å². The van der Waals surface area contributed by atoms with Gasteiger partial charge in [-0.1, -0.05) is 115 Å². The van der Waals surface area contributed by atoms with Crippen molar-refractivity contribution >= 4 is 98.3 Å². The van der Waals surface area contributed by atoms with Crippen molar-refractivity contribution in [2.24, 2.45) is 0 Å². The molecule has 0 unspecified atom stereocenters. The molecule has 3 nitrogen and oxygen atoms in total. The van der Waals surface area contributed by atoms with Crippen LogP contribution in [0.2, 0.25) is 0 Å². The number of anilines is 6. The van der Waals surface area contributed by atoms with Crippen molar-refractivity contribution in [1.29, 1.82) is 0 Å². The summed E-state index contributed by atoms with van der Waals surface area (Å²) in [6.45, 7) is 0. The molecule has 0 aliphatic carbocycles.